The molecule has 1 aliphatic heterocycles. The van der Waals surface area contributed by atoms with Crippen molar-refractivity contribution in [1.29, 1.82) is 0 Å². The highest BCUT2D eigenvalue weighted by Gasteiger charge is 2.40. The van der Waals surface area contributed by atoms with Crippen LogP contribution in [0, 0.1) is 6.92 Å². The predicted molar refractivity (Wildman–Crippen MR) is 101 cm³/mol. The van der Waals surface area contributed by atoms with E-state index in [4.69, 9.17) is 13.7 Å². The Labute approximate surface area is 166 Å². The quantitative estimate of drug-likeness (QED) is 0.518. The van der Waals surface area contributed by atoms with E-state index in [-0.39, 0.29) is 18.6 Å². The Morgan fingerprint density at radius 1 is 1.28 bits per heavy atom. The van der Waals surface area contributed by atoms with E-state index < -0.39 is 45.8 Å². The van der Waals surface area contributed by atoms with Crippen molar-refractivity contribution in [2.45, 2.75) is 31.8 Å². The maximum absolute atomic E-state index is 12.1. The van der Waals surface area contributed by atoms with E-state index in [2.05, 4.69) is 4.98 Å². The van der Waals surface area contributed by atoms with Crippen molar-refractivity contribution in [2.24, 2.45) is 0 Å². The molecule has 0 bridgehead atoms. The molecule has 2 aromatic rings. The van der Waals surface area contributed by atoms with E-state index in [9.17, 15) is 22.8 Å². The van der Waals surface area contributed by atoms with Crippen LogP contribution in [-0.4, -0.2) is 49.0 Å². The summed E-state index contributed by atoms with van der Waals surface area (Å²) in [7, 11) is -3.83. The van der Waals surface area contributed by atoms with Crippen LogP contribution < -0.4 is 11.2 Å². The molecule has 0 spiro atoms. The largest absolute Gasteiger partial charge is 0.459 e. The van der Waals surface area contributed by atoms with Gasteiger partial charge in [0, 0.05) is 18.2 Å². The van der Waals surface area contributed by atoms with Gasteiger partial charge in [-0.15, -0.1) is 0 Å². The number of nitrogens with zero attached hydrogens (tertiary/aromatic N) is 1. The molecule has 0 amide bonds. The fraction of sp³-hybridized carbons (Fsp3) is 0.389. The number of H-pyrrole nitrogens is 1. The maximum atomic E-state index is 12.1. The molecule has 3 atom stereocenters. The fourth-order valence-corrected chi connectivity index (χ4v) is 3.61. The van der Waals surface area contributed by atoms with Gasteiger partial charge in [0.15, 0.2) is 0 Å². The van der Waals surface area contributed by atoms with Crippen molar-refractivity contribution in [1.82, 2.24) is 9.55 Å². The van der Waals surface area contributed by atoms with E-state index in [0.717, 1.165) is 10.8 Å². The summed E-state index contributed by atoms with van der Waals surface area (Å²) in [6.45, 7) is 1.24. The molecule has 1 N–H and O–H groups in total. The van der Waals surface area contributed by atoms with Crippen molar-refractivity contribution < 1.29 is 26.9 Å². The van der Waals surface area contributed by atoms with Gasteiger partial charge in [0.05, 0.1) is 11.8 Å². The van der Waals surface area contributed by atoms with Gasteiger partial charge >= 0.3 is 11.7 Å². The number of aryl methyl sites for hydroxylation is 1. The number of carbonyl (C=O) groups is 1. The first kappa shape index (κ1) is 21.0. The minimum atomic E-state index is -3.83. The zero-order valence-corrected chi connectivity index (χ0v) is 16.5. The number of hydrogen-bond donors (Lipinski definition) is 1. The molecule has 3 rings (SSSR count). The van der Waals surface area contributed by atoms with Gasteiger partial charge in [-0.1, -0.05) is 18.2 Å². The van der Waals surface area contributed by atoms with Crippen LogP contribution in [0.5, 0.6) is 0 Å². The fourth-order valence-electron chi connectivity index (χ4n) is 2.96. The zero-order chi connectivity index (χ0) is 21.2. The number of ether oxygens (including phenoxy) is 2. The molecule has 11 heteroatoms. The molecule has 0 radical (unpaired) electrons. The standard InChI is InChI=1S/C18H20N2O8S/c1-11-9-20(18(23)19-16(11)21)15-8-13(28-29(2,24)25)14(27-15)10-26-17(22)12-6-4-3-5-7-12/h3-7,9,13-15H,8,10H2,1-2H3,(H,19,21,23). The summed E-state index contributed by atoms with van der Waals surface area (Å²) in [5.74, 6) is -0.604. The third-order valence-corrected chi connectivity index (χ3v) is 4.92. The van der Waals surface area contributed by atoms with Gasteiger partial charge in [-0.2, -0.15) is 8.42 Å². The zero-order valence-electron chi connectivity index (χ0n) is 15.7. The second-order valence-corrected chi connectivity index (χ2v) is 8.25. The Hall–Kier alpha value is -2.76. The molecule has 1 fully saturated rings. The highest BCUT2D eigenvalue weighted by atomic mass is 32.2. The maximum Gasteiger partial charge on any atom is 0.338 e. The van der Waals surface area contributed by atoms with Crippen LogP contribution in [-0.2, 0) is 23.8 Å². The van der Waals surface area contributed by atoms with E-state index in [0.29, 0.717) is 5.56 Å². The average molecular weight is 424 g/mol. The van der Waals surface area contributed by atoms with Gasteiger partial charge in [-0.3, -0.25) is 18.5 Å². The molecule has 10 nitrogen and oxygen atoms in total. The number of benzene rings is 1. The van der Waals surface area contributed by atoms with Crippen LogP contribution in [0.15, 0.2) is 46.1 Å². The number of nitrogens with one attached hydrogen (secondary N) is 1. The topological polar surface area (TPSA) is 134 Å². The van der Waals surface area contributed by atoms with E-state index >= 15 is 0 Å². The number of esters is 1. The van der Waals surface area contributed by atoms with Crippen molar-refractivity contribution in [3.8, 4) is 0 Å². The Kier molecular flexibility index (Phi) is 6.01. The summed E-state index contributed by atoms with van der Waals surface area (Å²) in [6, 6.07) is 8.27. The molecule has 1 aromatic heterocycles. The van der Waals surface area contributed by atoms with E-state index in [1.165, 1.54) is 13.1 Å². The molecule has 1 aliphatic rings. The molecule has 1 aromatic carbocycles. The number of carbonyl (C=O) groups excluding carboxylic acids is 1. The lowest BCUT2D eigenvalue weighted by atomic mass is 10.2. The molecule has 2 heterocycles. The van der Waals surface area contributed by atoms with Crippen molar-refractivity contribution in [2.75, 3.05) is 12.9 Å². The van der Waals surface area contributed by atoms with Crippen LogP contribution in [0.4, 0.5) is 0 Å². The molecule has 1 saturated heterocycles. The van der Waals surface area contributed by atoms with Crippen LogP contribution in [0.25, 0.3) is 0 Å². The highest BCUT2D eigenvalue weighted by Crippen LogP contribution is 2.31. The Morgan fingerprint density at radius 3 is 2.62 bits per heavy atom. The number of hydrogen-bond acceptors (Lipinski definition) is 8. The van der Waals surface area contributed by atoms with Crippen LogP contribution in [0.2, 0.25) is 0 Å². The summed E-state index contributed by atoms with van der Waals surface area (Å²) >= 11 is 0. The summed E-state index contributed by atoms with van der Waals surface area (Å²) in [5.41, 5.74) is -0.616. The summed E-state index contributed by atoms with van der Waals surface area (Å²) in [6.07, 6.45) is -0.582. The smallest absolute Gasteiger partial charge is 0.338 e. The molecule has 29 heavy (non-hydrogen) atoms. The third kappa shape index (κ3) is 5.19. The van der Waals surface area contributed by atoms with Crippen LogP contribution in [0.3, 0.4) is 0 Å². The molecule has 0 saturated carbocycles. The Morgan fingerprint density at radius 2 is 1.97 bits per heavy atom. The lowest BCUT2D eigenvalue weighted by molar-refractivity contribution is -0.0491. The summed E-state index contributed by atoms with van der Waals surface area (Å²) in [5, 5.41) is 0. The molecule has 156 valence electrons. The van der Waals surface area contributed by atoms with Crippen molar-refractivity contribution in [3.05, 3.63) is 68.5 Å². The van der Waals surface area contributed by atoms with Crippen LogP contribution in [0.1, 0.15) is 28.6 Å². The van der Waals surface area contributed by atoms with E-state index in [1.54, 1.807) is 30.3 Å². The Balaban J connectivity index is 1.79. The first-order valence-corrected chi connectivity index (χ1v) is 10.5. The molecular formula is C18H20N2O8S. The lowest BCUT2D eigenvalue weighted by Gasteiger charge is -2.18. The van der Waals surface area contributed by atoms with Gasteiger partial charge in [0.25, 0.3) is 15.7 Å². The predicted octanol–water partition coefficient (Wildman–Crippen LogP) is 0.334. The monoisotopic (exact) mass is 424 g/mol. The molecule has 0 aliphatic carbocycles. The van der Waals surface area contributed by atoms with Crippen molar-refractivity contribution in [3.63, 3.8) is 0 Å². The first-order valence-electron chi connectivity index (χ1n) is 8.72. The second kappa shape index (κ2) is 8.31. The van der Waals surface area contributed by atoms with Gasteiger partial charge in [-0.05, 0) is 19.1 Å². The first-order chi connectivity index (χ1) is 13.6. The number of rotatable bonds is 6. The number of aromatic nitrogens is 2. The molecular weight excluding hydrogens is 404 g/mol. The number of aromatic amines is 1. The normalized spacial score (nSPS) is 21.8. The lowest BCUT2D eigenvalue weighted by Crippen LogP contribution is -2.33. The Bertz CT molecular complexity index is 1110. The average Bonchev–Trinajstić information content (AvgIpc) is 3.04. The van der Waals surface area contributed by atoms with Gasteiger partial charge < -0.3 is 9.47 Å². The third-order valence-electron chi connectivity index (χ3n) is 4.32. The highest BCUT2D eigenvalue weighted by molar-refractivity contribution is 7.86. The van der Waals surface area contributed by atoms with Gasteiger partial charge in [0.1, 0.15) is 25.0 Å². The molecule has 3 unspecified atom stereocenters. The minimum absolute atomic E-state index is 0.00597. The van der Waals surface area contributed by atoms with Crippen LogP contribution >= 0.6 is 0 Å². The van der Waals surface area contributed by atoms with Gasteiger partial charge in [-0.25, -0.2) is 9.59 Å². The van der Waals surface area contributed by atoms with Crippen molar-refractivity contribution >= 4 is 16.1 Å². The van der Waals surface area contributed by atoms with Gasteiger partial charge in [0.2, 0.25) is 0 Å². The SMILES string of the molecule is Cc1cn(C2CC(OS(C)(=O)=O)C(COC(=O)c3ccccc3)O2)c(=O)[nH]c1=O. The minimum Gasteiger partial charge on any atom is -0.459 e. The second-order valence-electron chi connectivity index (χ2n) is 6.65. The summed E-state index contributed by atoms with van der Waals surface area (Å²) < 4.78 is 40.4. The summed E-state index contributed by atoms with van der Waals surface area (Å²) in [4.78, 5) is 38.0. The van der Waals surface area contributed by atoms with E-state index in [1.807, 2.05) is 0 Å².